The first-order chi connectivity index (χ1) is 10.1. The number of rotatable bonds is 3. The number of nitrogens with zero attached hydrogens (tertiary/aromatic N) is 1. The molecule has 1 heterocycles. The van der Waals surface area contributed by atoms with Crippen molar-refractivity contribution in [1.29, 1.82) is 0 Å². The van der Waals surface area contributed by atoms with E-state index in [-0.39, 0.29) is 16.4 Å². The van der Waals surface area contributed by atoms with E-state index in [1.54, 1.807) is 0 Å². The fourth-order valence-electron chi connectivity index (χ4n) is 1.63. The van der Waals surface area contributed by atoms with Gasteiger partial charge in [-0.15, -0.1) is 0 Å². The maximum atomic E-state index is 12.7. The van der Waals surface area contributed by atoms with Crippen molar-refractivity contribution in [3.8, 4) is 0 Å². The molecule has 2 N–H and O–H groups in total. The van der Waals surface area contributed by atoms with E-state index < -0.39 is 26.8 Å². The summed E-state index contributed by atoms with van der Waals surface area (Å²) in [7, 11) is -4.60. The minimum absolute atomic E-state index is 0.0499. The number of hydrogen-bond acceptors (Lipinski definition) is 4. The number of alkyl halides is 3. The van der Waals surface area contributed by atoms with Gasteiger partial charge in [0.1, 0.15) is 4.90 Å². The fourth-order valence-corrected chi connectivity index (χ4v) is 2.39. The van der Waals surface area contributed by atoms with Gasteiger partial charge in [-0.1, -0.05) is 11.6 Å². The van der Waals surface area contributed by atoms with Gasteiger partial charge >= 0.3 is 6.18 Å². The number of pyridine rings is 1. The molecule has 0 aliphatic heterocycles. The Labute approximate surface area is 128 Å². The predicted molar refractivity (Wildman–Crippen MR) is 73.8 cm³/mol. The quantitative estimate of drug-likeness (QED) is 0.822. The molecule has 2 aromatic rings. The van der Waals surface area contributed by atoms with Crippen LogP contribution in [-0.4, -0.2) is 18.0 Å². The molecule has 0 aliphatic rings. The van der Waals surface area contributed by atoms with Crippen molar-refractivity contribution in [2.45, 2.75) is 11.1 Å². The van der Waals surface area contributed by atoms with E-state index in [1.165, 1.54) is 12.3 Å². The molecule has 0 atom stereocenters. The Morgan fingerprint density at radius 1 is 1.18 bits per heavy atom. The van der Waals surface area contributed by atoms with E-state index in [9.17, 15) is 21.6 Å². The molecule has 0 bridgehead atoms. The highest BCUT2D eigenvalue weighted by Gasteiger charge is 2.31. The van der Waals surface area contributed by atoms with E-state index in [0.717, 1.165) is 24.4 Å². The molecule has 0 fully saturated rings. The van der Waals surface area contributed by atoms with Crippen LogP contribution < -0.4 is 5.32 Å². The molecule has 22 heavy (non-hydrogen) atoms. The lowest BCUT2D eigenvalue weighted by Crippen LogP contribution is -2.07. The molecule has 0 saturated carbocycles. The monoisotopic (exact) mass is 352 g/mol. The van der Waals surface area contributed by atoms with Crippen LogP contribution in [0.2, 0.25) is 5.02 Å². The molecule has 0 unspecified atom stereocenters. The van der Waals surface area contributed by atoms with Crippen molar-refractivity contribution >= 4 is 33.1 Å². The summed E-state index contributed by atoms with van der Waals surface area (Å²) < 4.78 is 69.6. The molecule has 0 spiro atoms. The summed E-state index contributed by atoms with van der Waals surface area (Å²) >= 11 is 5.81. The van der Waals surface area contributed by atoms with Crippen molar-refractivity contribution in [3.05, 3.63) is 47.2 Å². The van der Waals surface area contributed by atoms with Crippen LogP contribution in [0.25, 0.3) is 0 Å². The van der Waals surface area contributed by atoms with Crippen molar-refractivity contribution in [2.75, 3.05) is 5.32 Å². The highest BCUT2D eigenvalue weighted by atomic mass is 35.5. The minimum Gasteiger partial charge on any atom is -0.353 e. The van der Waals surface area contributed by atoms with E-state index >= 15 is 0 Å². The molecule has 2 rings (SSSR count). The number of anilines is 2. The molecule has 10 heteroatoms. The van der Waals surface area contributed by atoms with E-state index in [1.807, 2.05) is 0 Å². The van der Waals surface area contributed by atoms with Gasteiger partial charge in [0.15, 0.2) is 0 Å². The first kappa shape index (κ1) is 16.5. The van der Waals surface area contributed by atoms with Crippen molar-refractivity contribution in [2.24, 2.45) is 0 Å². The lowest BCUT2D eigenvalue weighted by Gasteiger charge is -2.13. The third-order valence-electron chi connectivity index (χ3n) is 2.63. The van der Waals surface area contributed by atoms with Crippen LogP contribution in [0, 0.1) is 0 Å². The van der Waals surface area contributed by atoms with Gasteiger partial charge in [0, 0.05) is 6.20 Å². The van der Waals surface area contributed by atoms with Crippen LogP contribution in [0.3, 0.4) is 0 Å². The Bertz CT molecular complexity index is 810. The standard InChI is InChI=1S/C12H8ClF3N2O3S/c13-8-2-1-7(12(14,15)16)5-10(8)18-9-3-4-17-6-11(9)22(19,20)21/h1-6H,(H,17,18)(H,19,20,21). The van der Waals surface area contributed by atoms with Crippen LogP contribution in [0.4, 0.5) is 24.5 Å². The van der Waals surface area contributed by atoms with Crippen molar-refractivity contribution < 1.29 is 26.1 Å². The predicted octanol–water partition coefficient (Wildman–Crippen LogP) is 3.74. The summed E-state index contributed by atoms with van der Waals surface area (Å²) in [5, 5.41) is 2.40. The molecular weight excluding hydrogens is 345 g/mol. The molecule has 0 amide bonds. The normalized spacial score (nSPS) is 12.2. The summed E-state index contributed by atoms with van der Waals surface area (Å²) in [5.74, 6) is 0. The Hall–Kier alpha value is -1.84. The zero-order valence-electron chi connectivity index (χ0n) is 10.6. The average Bonchev–Trinajstić information content (AvgIpc) is 2.39. The molecule has 0 aliphatic carbocycles. The lowest BCUT2D eigenvalue weighted by atomic mass is 10.2. The molecule has 118 valence electrons. The third-order valence-corrected chi connectivity index (χ3v) is 3.84. The van der Waals surface area contributed by atoms with Crippen LogP contribution >= 0.6 is 11.6 Å². The topological polar surface area (TPSA) is 79.3 Å². The zero-order chi connectivity index (χ0) is 16.5. The van der Waals surface area contributed by atoms with Gasteiger partial charge in [-0.05, 0) is 24.3 Å². The minimum atomic E-state index is -4.60. The van der Waals surface area contributed by atoms with E-state index in [4.69, 9.17) is 16.2 Å². The largest absolute Gasteiger partial charge is 0.416 e. The van der Waals surface area contributed by atoms with Crippen molar-refractivity contribution in [1.82, 2.24) is 4.98 Å². The maximum absolute atomic E-state index is 12.7. The summed E-state index contributed by atoms with van der Waals surface area (Å²) in [6.45, 7) is 0. The van der Waals surface area contributed by atoms with Crippen molar-refractivity contribution in [3.63, 3.8) is 0 Å². The maximum Gasteiger partial charge on any atom is 0.416 e. The summed E-state index contributed by atoms with van der Waals surface area (Å²) in [5.41, 5.74) is -1.27. The van der Waals surface area contributed by atoms with Gasteiger partial charge in [0.05, 0.1) is 28.2 Å². The van der Waals surface area contributed by atoms with Crippen LogP contribution in [0.1, 0.15) is 5.56 Å². The van der Waals surface area contributed by atoms with Gasteiger partial charge in [0.25, 0.3) is 10.1 Å². The highest BCUT2D eigenvalue weighted by molar-refractivity contribution is 7.86. The Morgan fingerprint density at radius 2 is 1.86 bits per heavy atom. The first-order valence-electron chi connectivity index (χ1n) is 5.64. The molecule has 1 aromatic heterocycles. The highest BCUT2D eigenvalue weighted by Crippen LogP contribution is 2.35. The van der Waals surface area contributed by atoms with Gasteiger partial charge in [-0.25, -0.2) is 0 Å². The number of hydrogen-bond donors (Lipinski definition) is 2. The molecule has 5 nitrogen and oxygen atoms in total. The van der Waals surface area contributed by atoms with E-state index in [2.05, 4.69) is 10.3 Å². The Morgan fingerprint density at radius 3 is 2.45 bits per heavy atom. The summed E-state index contributed by atoms with van der Waals surface area (Å²) in [4.78, 5) is 2.96. The molecular formula is C12H8ClF3N2O3S. The van der Waals surface area contributed by atoms with Gasteiger partial charge in [0.2, 0.25) is 0 Å². The number of aromatic nitrogens is 1. The van der Waals surface area contributed by atoms with Crippen LogP contribution in [-0.2, 0) is 16.3 Å². The van der Waals surface area contributed by atoms with E-state index in [0.29, 0.717) is 0 Å². The summed E-state index contributed by atoms with van der Waals surface area (Å²) in [6, 6.07) is 3.74. The second-order valence-electron chi connectivity index (χ2n) is 4.16. The second kappa shape index (κ2) is 5.75. The van der Waals surface area contributed by atoms with Gasteiger partial charge in [-0.2, -0.15) is 21.6 Å². The summed E-state index contributed by atoms with van der Waals surface area (Å²) in [6.07, 6.45) is -2.51. The molecule has 1 aromatic carbocycles. The number of halogens is 4. The van der Waals surface area contributed by atoms with Gasteiger partial charge < -0.3 is 5.32 Å². The fraction of sp³-hybridized carbons (Fsp3) is 0.0833. The molecule has 0 saturated heterocycles. The number of nitrogens with one attached hydrogen (secondary N) is 1. The lowest BCUT2D eigenvalue weighted by molar-refractivity contribution is -0.137. The van der Waals surface area contributed by atoms with Crippen LogP contribution in [0.5, 0.6) is 0 Å². The Balaban J connectivity index is 2.49. The SMILES string of the molecule is O=S(=O)(O)c1cnccc1Nc1cc(C(F)(F)F)ccc1Cl. The Kier molecular flexibility index (Phi) is 4.32. The van der Waals surface area contributed by atoms with Gasteiger partial charge in [-0.3, -0.25) is 9.54 Å². The molecule has 0 radical (unpaired) electrons. The third kappa shape index (κ3) is 3.67. The average molecular weight is 353 g/mol. The smallest absolute Gasteiger partial charge is 0.353 e. The first-order valence-corrected chi connectivity index (χ1v) is 7.46. The number of benzene rings is 1. The zero-order valence-corrected chi connectivity index (χ0v) is 12.2. The second-order valence-corrected chi connectivity index (χ2v) is 5.96. The van der Waals surface area contributed by atoms with Crippen LogP contribution in [0.15, 0.2) is 41.6 Å².